The maximum atomic E-state index is 6.01. The van der Waals surface area contributed by atoms with Crippen LogP contribution in [0.3, 0.4) is 0 Å². The molecule has 1 aromatic heterocycles. The third-order valence-electron chi connectivity index (χ3n) is 6.43. The lowest BCUT2D eigenvalue weighted by atomic mass is 9.86. The van der Waals surface area contributed by atoms with Gasteiger partial charge in [0.2, 0.25) is 0 Å². The van der Waals surface area contributed by atoms with E-state index in [1.807, 2.05) is 12.1 Å². The highest BCUT2D eigenvalue weighted by Crippen LogP contribution is 2.40. The number of H-pyrrole nitrogens is 1. The molecule has 0 spiro atoms. The van der Waals surface area contributed by atoms with E-state index in [1.165, 1.54) is 46.1 Å². The molecule has 1 N–H and O–H groups in total. The third kappa shape index (κ3) is 4.03. The number of aromatic nitrogens is 1. The normalized spacial score (nSPS) is 15.6. The van der Waals surface area contributed by atoms with E-state index in [2.05, 4.69) is 76.6 Å². The van der Waals surface area contributed by atoms with Crippen molar-refractivity contribution in [3.63, 3.8) is 0 Å². The van der Waals surface area contributed by atoms with E-state index in [0.29, 0.717) is 5.92 Å². The average Bonchev–Trinajstić information content (AvgIpc) is 3.19. The van der Waals surface area contributed by atoms with Crippen LogP contribution in [0.25, 0.3) is 22.2 Å². The number of aromatic amines is 1. The Balaban J connectivity index is 1.33. The van der Waals surface area contributed by atoms with Crippen LogP contribution in [0.2, 0.25) is 5.02 Å². The molecular formula is C27H27ClN2. The molecule has 0 unspecified atom stereocenters. The number of fused-ring (bicyclic) bond motifs is 1. The lowest BCUT2D eigenvalue weighted by Crippen LogP contribution is -2.34. The molecule has 0 radical (unpaired) electrons. The van der Waals surface area contributed by atoms with Gasteiger partial charge in [-0.15, -0.1) is 0 Å². The quantitative estimate of drug-likeness (QED) is 0.376. The van der Waals surface area contributed by atoms with Crippen molar-refractivity contribution in [3.8, 4) is 11.3 Å². The Morgan fingerprint density at radius 2 is 1.53 bits per heavy atom. The summed E-state index contributed by atoms with van der Waals surface area (Å²) < 4.78 is 0. The summed E-state index contributed by atoms with van der Waals surface area (Å²) in [5, 5.41) is 2.20. The largest absolute Gasteiger partial charge is 0.354 e. The summed E-state index contributed by atoms with van der Waals surface area (Å²) in [6.07, 6.45) is 3.51. The van der Waals surface area contributed by atoms with E-state index in [1.54, 1.807) is 0 Å². The minimum Gasteiger partial charge on any atom is -0.354 e. The lowest BCUT2D eigenvalue weighted by Gasteiger charge is -2.32. The van der Waals surface area contributed by atoms with Gasteiger partial charge >= 0.3 is 0 Å². The number of benzene rings is 3. The topological polar surface area (TPSA) is 19.0 Å². The second kappa shape index (κ2) is 8.67. The van der Waals surface area contributed by atoms with Gasteiger partial charge in [0.1, 0.15) is 0 Å². The van der Waals surface area contributed by atoms with Gasteiger partial charge in [-0.1, -0.05) is 72.3 Å². The van der Waals surface area contributed by atoms with Gasteiger partial charge in [-0.25, -0.2) is 0 Å². The number of halogens is 1. The molecule has 2 heterocycles. The van der Waals surface area contributed by atoms with Crippen LogP contribution in [-0.4, -0.2) is 29.5 Å². The molecule has 0 amide bonds. The molecule has 5 rings (SSSR count). The van der Waals surface area contributed by atoms with Crippen LogP contribution in [0, 0.1) is 0 Å². The fourth-order valence-electron chi connectivity index (χ4n) is 4.80. The molecule has 0 atom stereocenters. The smallest absolute Gasteiger partial charge is 0.0500 e. The fraction of sp³-hybridized carbons (Fsp3) is 0.259. The molecule has 4 aromatic rings. The summed E-state index contributed by atoms with van der Waals surface area (Å²) in [5.41, 5.74) is 6.71. The second-order valence-corrected chi connectivity index (χ2v) is 8.75. The highest BCUT2D eigenvalue weighted by Gasteiger charge is 2.26. The summed E-state index contributed by atoms with van der Waals surface area (Å²) in [4.78, 5) is 6.33. The van der Waals surface area contributed by atoms with Gasteiger partial charge in [-0.2, -0.15) is 0 Å². The standard InChI is InChI=1S/C27H27ClN2/c28-23-12-10-20(11-13-23)14-17-30-18-15-21(16-19-30)26-24-8-4-5-9-25(24)29-27(26)22-6-2-1-3-7-22/h1-13,21,29H,14-19H2. The van der Waals surface area contributed by atoms with Crippen LogP contribution in [0.1, 0.15) is 29.9 Å². The number of nitrogens with zero attached hydrogens (tertiary/aromatic N) is 1. The molecule has 1 fully saturated rings. The molecular weight excluding hydrogens is 388 g/mol. The monoisotopic (exact) mass is 414 g/mol. The predicted molar refractivity (Wildman–Crippen MR) is 127 cm³/mol. The highest BCUT2D eigenvalue weighted by atomic mass is 35.5. The Bertz CT molecular complexity index is 1110. The molecule has 0 bridgehead atoms. The van der Waals surface area contributed by atoms with Crippen LogP contribution in [0.4, 0.5) is 0 Å². The molecule has 0 aliphatic carbocycles. The first-order valence-electron chi connectivity index (χ1n) is 10.9. The van der Waals surface area contributed by atoms with Crippen molar-refractivity contribution in [2.24, 2.45) is 0 Å². The Kier molecular flexibility index (Phi) is 5.61. The lowest BCUT2D eigenvalue weighted by molar-refractivity contribution is 0.215. The minimum absolute atomic E-state index is 0.600. The van der Waals surface area contributed by atoms with Crippen LogP contribution in [0.5, 0.6) is 0 Å². The van der Waals surface area contributed by atoms with Crippen LogP contribution in [-0.2, 0) is 6.42 Å². The zero-order valence-electron chi connectivity index (χ0n) is 17.2. The third-order valence-corrected chi connectivity index (χ3v) is 6.69. The molecule has 2 nitrogen and oxygen atoms in total. The Labute approximate surface area is 183 Å². The summed E-state index contributed by atoms with van der Waals surface area (Å²) in [6, 6.07) is 27.8. The molecule has 1 aliphatic rings. The van der Waals surface area contributed by atoms with E-state index >= 15 is 0 Å². The van der Waals surface area contributed by atoms with Gasteiger partial charge in [0, 0.05) is 28.2 Å². The maximum Gasteiger partial charge on any atom is 0.0500 e. The van der Waals surface area contributed by atoms with Gasteiger partial charge in [0.15, 0.2) is 0 Å². The van der Waals surface area contributed by atoms with E-state index < -0.39 is 0 Å². The molecule has 152 valence electrons. The van der Waals surface area contributed by atoms with Crippen molar-refractivity contribution < 1.29 is 0 Å². The first-order chi connectivity index (χ1) is 14.8. The number of nitrogens with one attached hydrogen (secondary N) is 1. The maximum absolute atomic E-state index is 6.01. The van der Waals surface area contributed by atoms with E-state index in [9.17, 15) is 0 Å². The first kappa shape index (κ1) is 19.4. The van der Waals surface area contributed by atoms with Crippen molar-refractivity contribution in [1.29, 1.82) is 0 Å². The SMILES string of the molecule is Clc1ccc(CCN2CCC(c3c(-c4ccccc4)[nH]c4ccccc34)CC2)cc1. The van der Waals surface area contributed by atoms with Crippen molar-refractivity contribution >= 4 is 22.5 Å². The molecule has 3 aromatic carbocycles. The fourth-order valence-corrected chi connectivity index (χ4v) is 4.93. The zero-order valence-corrected chi connectivity index (χ0v) is 17.9. The number of rotatable bonds is 5. The van der Waals surface area contributed by atoms with Crippen molar-refractivity contribution in [3.05, 3.63) is 95.0 Å². The molecule has 30 heavy (non-hydrogen) atoms. The second-order valence-electron chi connectivity index (χ2n) is 8.32. The summed E-state index contributed by atoms with van der Waals surface area (Å²) in [5.74, 6) is 0.600. The molecule has 1 aliphatic heterocycles. The van der Waals surface area contributed by atoms with E-state index in [0.717, 1.165) is 31.1 Å². The first-order valence-corrected chi connectivity index (χ1v) is 11.3. The Morgan fingerprint density at radius 3 is 2.30 bits per heavy atom. The number of hydrogen-bond donors (Lipinski definition) is 1. The van der Waals surface area contributed by atoms with Crippen molar-refractivity contribution in [2.75, 3.05) is 19.6 Å². The van der Waals surface area contributed by atoms with Crippen molar-refractivity contribution in [2.45, 2.75) is 25.2 Å². The number of hydrogen-bond acceptors (Lipinski definition) is 1. The Morgan fingerprint density at radius 1 is 0.833 bits per heavy atom. The van der Waals surface area contributed by atoms with Gasteiger partial charge in [-0.05, 0) is 73.2 Å². The number of para-hydroxylation sites is 1. The highest BCUT2D eigenvalue weighted by molar-refractivity contribution is 6.30. The Hall–Kier alpha value is -2.55. The number of likely N-dealkylation sites (tertiary alicyclic amines) is 1. The molecule has 0 saturated carbocycles. The predicted octanol–water partition coefficient (Wildman–Crippen LogP) is 6.91. The van der Waals surface area contributed by atoms with E-state index in [4.69, 9.17) is 11.6 Å². The zero-order chi connectivity index (χ0) is 20.3. The summed E-state index contributed by atoms with van der Waals surface area (Å²) >= 11 is 6.01. The molecule has 3 heteroatoms. The van der Waals surface area contributed by atoms with Crippen LogP contribution in [0.15, 0.2) is 78.9 Å². The van der Waals surface area contributed by atoms with E-state index in [-0.39, 0.29) is 0 Å². The summed E-state index contributed by atoms with van der Waals surface area (Å²) in [7, 11) is 0. The van der Waals surface area contributed by atoms with Crippen LogP contribution < -0.4 is 0 Å². The van der Waals surface area contributed by atoms with Gasteiger partial charge in [0.25, 0.3) is 0 Å². The van der Waals surface area contributed by atoms with Crippen molar-refractivity contribution in [1.82, 2.24) is 9.88 Å². The average molecular weight is 415 g/mol. The van der Waals surface area contributed by atoms with Gasteiger partial charge in [-0.3, -0.25) is 0 Å². The summed E-state index contributed by atoms with van der Waals surface area (Å²) in [6.45, 7) is 3.44. The van der Waals surface area contributed by atoms with Crippen LogP contribution >= 0.6 is 11.6 Å². The molecule has 1 saturated heterocycles. The van der Waals surface area contributed by atoms with Gasteiger partial charge in [0.05, 0.1) is 0 Å². The number of piperidine rings is 1. The van der Waals surface area contributed by atoms with Gasteiger partial charge < -0.3 is 9.88 Å². The minimum atomic E-state index is 0.600.